The van der Waals surface area contributed by atoms with Crippen LogP contribution in [0.5, 0.6) is 0 Å². The Bertz CT molecular complexity index is 1460. The van der Waals surface area contributed by atoms with Gasteiger partial charge in [-0.2, -0.15) is 0 Å². The van der Waals surface area contributed by atoms with Gasteiger partial charge in [0.25, 0.3) is 11.5 Å². The standard InChI is InChI=1S/C24H20ClFN4O3S/c1-13-3-8-17(9-18(13)25)29-19(31)11-30-12-28-23-20(24(30)33)14(2)21(34-23)22(32)27-10-15-4-6-16(26)7-5-15/h3-9,12H,10-11H2,1-2H3,(H,27,32)(H,29,31). The maximum atomic E-state index is 13.1. The zero-order valence-electron chi connectivity index (χ0n) is 18.3. The molecule has 0 radical (unpaired) electrons. The molecule has 0 saturated heterocycles. The van der Waals surface area contributed by atoms with Crippen molar-refractivity contribution in [2.24, 2.45) is 0 Å². The van der Waals surface area contributed by atoms with E-state index < -0.39 is 11.5 Å². The van der Waals surface area contributed by atoms with Crippen molar-refractivity contribution in [2.45, 2.75) is 26.9 Å². The van der Waals surface area contributed by atoms with Gasteiger partial charge in [0.1, 0.15) is 17.2 Å². The Kier molecular flexibility index (Phi) is 6.76. The third-order valence-electron chi connectivity index (χ3n) is 5.26. The molecule has 4 aromatic rings. The number of aryl methyl sites for hydroxylation is 2. The first-order valence-corrected chi connectivity index (χ1v) is 11.5. The fourth-order valence-corrected chi connectivity index (χ4v) is 4.62. The van der Waals surface area contributed by atoms with E-state index in [1.54, 1.807) is 37.3 Å². The summed E-state index contributed by atoms with van der Waals surface area (Å²) in [4.78, 5) is 43.3. The number of benzene rings is 2. The Hall–Kier alpha value is -3.56. The molecular weight excluding hydrogens is 479 g/mol. The predicted molar refractivity (Wildman–Crippen MR) is 131 cm³/mol. The first kappa shape index (κ1) is 23.6. The largest absolute Gasteiger partial charge is 0.347 e. The van der Waals surface area contributed by atoms with Crippen LogP contribution in [-0.4, -0.2) is 21.4 Å². The second-order valence-electron chi connectivity index (χ2n) is 7.74. The molecule has 0 aliphatic carbocycles. The Morgan fingerprint density at radius 2 is 1.88 bits per heavy atom. The topological polar surface area (TPSA) is 93.1 Å². The van der Waals surface area contributed by atoms with Gasteiger partial charge in [-0.15, -0.1) is 11.3 Å². The lowest BCUT2D eigenvalue weighted by atomic mass is 10.2. The normalized spacial score (nSPS) is 10.9. The van der Waals surface area contributed by atoms with Crippen molar-refractivity contribution in [1.82, 2.24) is 14.9 Å². The van der Waals surface area contributed by atoms with Crippen molar-refractivity contribution in [3.63, 3.8) is 0 Å². The number of halogens is 2. The van der Waals surface area contributed by atoms with E-state index in [1.807, 2.05) is 6.92 Å². The van der Waals surface area contributed by atoms with Crippen molar-refractivity contribution in [3.05, 3.63) is 91.6 Å². The summed E-state index contributed by atoms with van der Waals surface area (Å²) in [5.74, 6) is -1.12. The van der Waals surface area contributed by atoms with Crippen LogP contribution in [0, 0.1) is 19.7 Å². The summed E-state index contributed by atoms with van der Waals surface area (Å²) >= 11 is 7.20. The Labute approximate surface area is 203 Å². The molecule has 34 heavy (non-hydrogen) atoms. The van der Waals surface area contributed by atoms with Crippen LogP contribution in [-0.2, 0) is 17.9 Å². The maximum Gasteiger partial charge on any atom is 0.262 e. The SMILES string of the molecule is Cc1ccc(NC(=O)Cn2cnc3sc(C(=O)NCc4ccc(F)cc4)c(C)c3c2=O)cc1Cl. The first-order chi connectivity index (χ1) is 16.2. The molecule has 7 nitrogen and oxygen atoms in total. The second kappa shape index (κ2) is 9.74. The van der Waals surface area contributed by atoms with Crippen LogP contribution in [0.15, 0.2) is 53.6 Å². The van der Waals surface area contributed by atoms with Gasteiger partial charge in [-0.25, -0.2) is 9.37 Å². The molecule has 2 aromatic heterocycles. The lowest BCUT2D eigenvalue weighted by Crippen LogP contribution is -2.28. The fourth-order valence-electron chi connectivity index (χ4n) is 3.38. The molecule has 2 aromatic carbocycles. The Morgan fingerprint density at radius 3 is 2.59 bits per heavy atom. The summed E-state index contributed by atoms with van der Waals surface area (Å²) in [6, 6.07) is 11.0. The molecule has 2 N–H and O–H groups in total. The minimum Gasteiger partial charge on any atom is -0.347 e. The first-order valence-electron chi connectivity index (χ1n) is 10.3. The molecule has 0 atom stereocenters. The molecule has 0 aliphatic heterocycles. The predicted octanol–water partition coefficient (Wildman–Crippen LogP) is 4.44. The summed E-state index contributed by atoms with van der Waals surface area (Å²) in [5.41, 5.74) is 2.24. The van der Waals surface area contributed by atoms with Crippen molar-refractivity contribution in [3.8, 4) is 0 Å². The molecule has 4 rings (SSSR count). The van der Waals surface area contributed by atoms with Crippen molar-refractivity contribution >= 4 is 50.7 Å². The minimum atomic E-state index is -0.409. The number of carbonyl (C=O) groups excluding carboxylic acids is 2. The number of carbonyl (C=O) groups is 2. The monoisotopic (exact) mass is 498 g/mol. The second-order valence-corrected chi connectivity index (χ2v) is 9.14. The molecule has 0 fully saturated rings. The number of hydrogen-bond acceptors (Lipinski definition) is 5. The zero-order chi connectivity index (χ0) is 24.4. The third-order valence-corrected chi connectivity index (χ3v) is 6.87. The average Bonchev–Trinajstić information content (AvgIpc) is 3.14. The van der Waals surface area contributed by atoms with Gasteiger partial charge in [0.2, 0.25) is 5.91 Å². The number of thiophene rings is 1. The van der Waals surface area contributed by atoms with E-state index in [2.05, 4.69) is 15.6 Å². The zero-order valence-corrected chi connectivity index (χ0v) is 19.9. The number of rotatable bonds is 6. The van der Waals surface area contributed by atoms with Crippen molar-refractivity contribution in [1.29, 1.82) is 0 Å². The van der Waals surface area contributed by atoms with E-state index in [-0.39, 0.29) is 24.8 Å². The number of hydrogen-bond donors (Lipinski definition) is 2. The van der Waals surface area contributed by atoms with Crippen LogP contribution >= 0.6 is 22.9 Å². The number of aromatic nitrogens is 2. The molecule has 0 aliphatic rings. The number of nitrogens with zero attached hydrogens (tertiary/aromatic N) is 2. The highest BCUT2D eigenvalue weighted by molar-refractivity contribution is 7.20. The molecule has 0 spiro atoms. The average molecular weight is 499 g/mol. The molecule has 10 heteroatoms. The fraction of sp³-hybridized carbons (Fsp3) is 0.167. The van der Waals surface area contributed by atoms with Crippen LogP contribution in [0.3, 0.4) is 0 Å². The van der Waals surface area contributed by atoms with Gasteiger partial charge in [0.15, 0.2) is 0 Å². The quantitative estimate of drug-likeness (QED) is 0.411. The highest BCUT2D eigenvalue weighted by Gasteiger charge is 2.20. The minimum absolute atomic E-state index is 0.216. The third kappa shape index (κ3) is 5.00. The van der Waals surface area contributed by atoms with Crippen molar-refractivity contribution < 1.29 is 14.0 Å². The Balaban J connectivity index is 1.51. The van der Waals surface area contributed by atoms with Crippen LogP contribution in [0.4, 0.5) is 10.1 Å². The van der Waals surface area contributed by atoms with Crippen LogP contribution in [0.2, 0.25) is 5.02 Å². The number of nitrogens with one attached hydrogen (secondary N) is 2. The number of anilines is 1. The number of fused-ring (bicyclic) bond motifs is 1. The molecular formula is C24H20ClFN4O3S. The summed E-state index contributed by atoms with van der Waals surface area (Å²) in [5, 5.41) is 6.31. The van der Waals surface area contributed by atoms with Gasteiger partial charge in [0, 0.05) is 17.3 Å². The maximum absolute atomic E-state index is 13.1. The van der Waals surface area contributed by atoms with Crippen LogP contribution in [0.25, 0.3) is 10.2 Å². The van der Waals surface area contributed by atoms with E-state index in [9.17, 15) is 18.8 Å². The van der Waals surface area contributed by atoms with Crippen LogP contribution < -0.4 is 16.2 Å². The summed E-state index contributed by atoms with van der Waals surface area (Å²) in [7, 11) is 0. The van der Waals surface area contributed by atoms with Gasteiger partial charge in [-0.1, -0.05) is 29.8 Å². The lowest BCUT2D eigenvalue weighted by Gasteiger charge is -2.08. The highest BCUT2D eigenvalue weighted by atomic mass is 35.5. The van der Waals surface area contributed by atoms with E-state index in [1.165, 1.54) is 23.0 Å². The van der Waals surface area contributed by atoms with E-state index in [0.717, 1.165) is 22.5 Å². The molecule has 2 amide bonds. The van der Waals surface area contributed by atoms with Gasteiger partial charge >= 0.3 is 0 Å². The smallest absolute Gasteiger partial charge is 0.262 e. The molecule has 0 bridgehead atoms. The van der Waals surface area contributed by atoms with Gasteiger partial charge in [0.05, 0.1) is 16.6 Å². The lowest BCUT2D eigenvalue weighted by molar-refractivity contribution is -0.116. The van der Waals surface area contributed by atoms with E-state index in [4.69, 9.17) is 11.6 Å². The highest BCUT2D eigenvalue weighted by Crippen LogP contribution is 2.27. The van der Waals surface area contributed by atoms with Gasteiger partial charge in [-0.3, -0.25) is 19.0 Å². The summed E-state index contributed by atoms with van der Waals surface area (Å²) < 4.78 is 14.3. The summed E-state index contributed by atoms with van der Waals surface area (Å²) in [6.45, 7) is 3.50. The Morgan fingerprint density at radius 1 is 1.15 bits per heavy atom. The van der Waals surface area contributed by atoms with Gasteiger partial charge in [-0.05, 0) is 54.8 Å². The van der Waals surface area contributed by atoms with Crippen molar-refractivity contribution in [2.75, 3.05) is 5.32 Å². The molecule has 0 saturated carbocycles. The number of amides is 2. The molecule has 0 unspecified atom stereocenters. The van der Waals surface area contributed by atoms with Gasteiger partial charge < -0.3 is 10.6 Å². The molecule has 174 valence electrons. The van der Waals surface area contributed by atoms with E-state index >= 15 is 0 Å². The summed E-state index contributed by atoms with van der Waals surface area (Å²) in [6.07, 6.45) is 1.29. The molecule has 2 heterocycles. The van der Waals surface area contributed by atoms with Crippen LogP contribution in [0.1, 0.15) is 26.4 Å². The van der Waals surface area contributed by atoms with E-state index in [0.29, 0.717) is 31.4 Å².